The van der Waals surface area contributed by atoms with Crippen molar-refractivity contribution in [3.63, 3.8) is 0 Å². The van der Waals surface area contributed by atoms with E-state index < -0.39 is 0 Å². The average molecular weight is 427 g/mol. The summed E-state index contributed by atoms with van der Waals surface area (Å²) >= 11 is 0. The van der Waals surface area contributed by atoms with Gasteiger partial charge in [0, 0.05) is 19.1 Å². The number of carbonyl (C=O) groups is 2. The molecule has 2 aromatic carbocycles. The number of rotatable bonds is 9. The van der Waals surface area contributed by atoms with Gasteiger partial charge in [-0.3, -0.25) is 9.59 Å². The third-order valence-electron chi connectivity index (χ3n) is 5.23. The maximum absolute atomic E-state index is 12.5. The first-order valence-corrected chi connectivity index (χ1v) is 10.6. The van der Waals surface area contributed by atoms with Gasteiger partial charge in [0.05, 0.1) is 20.1 Å². The van der Waals surface area contributed by atoms with Gasteiger partial charge in [0.1, 0.15) is 5.75 Å². The van der Waals surface area contributed by atoms with E-state index in [1.807, 2.05) is 43.3 Å². The van der Waals surface area contributed by atoms with Crippen LogP contribution < -0.4 is 19.5 Å². The number of benzene rings is 2. The quantitative estimate of drug-likeness (QED) is 0.667. The lowest BCUT2D eigenvalue weighted by molar-refractivity contribution is -0.134. The highest BCUT2D eigenvalue weighted by Crippen LogP contribution is 2.25. The molecule has 1 aliphatic heterocycles. The minimum absolute atomic E-state index is 0.00607. The van der Waals surface area contributed by atoms with Gasteiger partial charge in [-0.05, 0) is 49.6 Å². The summed E-state index contributed by atoms with van der Waals surface area (Å²) in [6.07, 6.45) is 1.79. The first kappa shape index (κ1) is 22.5. The van der Waals surface area contributed by atoms with Crippen LogP contribution in [0.2, 0.25) is 0 Å². The predicted molar refractivity (Wildman–Crippen MR) is 118 cm³/mol. The van der Waals surface area contributed by atoms with E-state index >= 15 is 0 Å². The maximum atomic E-state index is 12.5. The van der Waals surface area contributed by atoms with Crippen molar-refractivity contribution in [3.05, 3.63) is 54.1 Å². The Balaban J connectivity index is 1.39. The van der Waals surface area contributed by atoms with Gasteiger partial charge < -0.3 is 24.4 Å². The molecular weight excluding hydrogens is 396 g/mol. The lowest BCUT2D eigenvalue weighted by Gasteiger charge is -2.32. The van der Waals surface area contributed by atoms with Gasteiger partial charge in [-0.2, -0.15) is 0 Å². The summed E-state index contributed by atoms with van der Waals surface area (Å²) in [4.78, 5) is 26.6. The van der Waals surface area contributed by atoms with Crippen LogP contribution in [-0.4, -0.2) is 56.2 Å². The number of likely N-dealkylation sites (tertiary alicyclic amines) is 1. The van der Waals surface area contributed by atoms with Gasteiger partial charge in [0.25, 0.3) is 5.91 Å². The van der Waals surface area contributed by atoms with Crippen LogP contribution >= 0.6 is 0 Å². The zero-order valence-corrected chi connectivity index (χ0v) is 18.1. The number of hydrogen-bond donors (Lipinski definition) is 1. The lowest BCUT2D eigenvalue weighted by Crippen LogP contribution is -2.48. The summed E-state index contributed by atoms with van der Waals surface area (Å²) < 4.78 is 16.3. The molecule has 0 saturated carbocycles. The van der Waals surface area contributed by atoms with E-state index in [4.69, 9.17) is 14.2 Å². The Morgan fingerprint density at radius 1 is 1.00 bits per heavy atom. The Morgan fingerprint density at radius 3 is 2.32 bits per heavy atom. The fraction of sp³-hybridized carbons (Fsp3) is 0.417. The highest BCUT2D eigenvalue weighted by Gasteiger charge is 2.24. The van der Waals surface area contributed by atoms with Crippen LogP contribution in [0.25, 0.3) is 0 Å². The average Bonchev–Trinajstić information content (AvgIpc) is 2.79. The Morgan fingerprint density at radius 2 is 1.68 bits per heavy atom. The normalized spacial score (nSPS) is 14.1. The topological polar surface area (TPSA) is 77.1 Å². The number of nitrogens with one attached hydrogen (secondary N) is 1. The number of ether oxygens (including phenoxy) is 3. The summed E-state index contributed by atoms with van der Waals surface area (Å²) in [5, 5.41) is 3.08. The number of methoxy groups -OCH3 is 1. The van der Waals surface area contributed by atoms with Crippen LogP contribution in [0.3, 0.4) is 0 Å². The SMILES string of the molecule is CCOc1ccc(CC(=O)NC2CCN(C(=O)COc3ccccc3OC)CC2)cc1. The molecule has 1 N–H and O–H groups in total. The van der Waals surface area contributed by atoms with E-state index in [-0.39, 0.29) is 24.5 Å². The van der Waals surface area contributed by atoms with E-state index in [0.717, 1.165) is 24.2 Å². The number of amides is 2. The lowest BCUT2D eigenvalue weighted by atomic mass is 10.0. The molecule has 0 unspecified atom stereocenters. The number of hydrogen-bond acceptors (Lipinski definition) is 5. The minimum Gasteiger partial charge on any atom is -0.494 e. The van der Waals surface area contributed by atoms with Gasteiger partial charge in [-0.1, -0.05) is 24.3 Å². The zero-order valence-electron chi connectivity index (χ0n) is 18.1. The molecule has 1 heterocycles. The molecule has 1 saturated heterocycles. The molecular formula is C24H30N2O5. The van der Waals surface area contributed by atoms with Crippen LogP contribution in [0, 0.1) is 0 Å². The highest BCUT2D eigenvalue weighted by atomic mass is 16.5. The van der Waals surface area contributed by atoms with Gasteiger partial charge >= 0.3 is 0 Å². The van der Waals surface area contributed by atoms with Crippen molar-refractivity contribution in [2.45, 2.75) is 32.2 Å². The summed E-state index contributed by atoms with van der Waals surface area (Å²) in [6, 6.07) is 14.9. The Bertz CT molecular complexity index is 861. The summed E-state index contributed by atoms with van der Waals surface area (Å²) in [5.74, 6) is 1.89. The third-order valence-corrected chi connectivity index (χ3v) is 5.23. The minimum atomic E-state index is -0.0647. The van der Waals surface area contributed by atoms with Gasteiger partial charge in [-0.15, -0.1) is 0 Å². The van der Waals surface area contributed by atoms with Crippen molar-refractivity contribution < 1.29 is 23.8 Å². The monoisotopic (exact) mass is 426 g/mol. The molecule has 1 aliphatic rings. The fourth-order valence-electron chi connectivity index (χ4n) is 3.58. The van der Waals surface area contributed by atoms with Crippen molar-refractivity contribution in [2.75, 3.05) is 33.4 Å². The van der Waals surface area contributed by atoms with Crippen LogP contribution in [0.15, 0.2) is 48.5 Å². The summed E-state index contributed by atoms with van der Waals surface area (Å²) in [5.41, 5.74) is 0.946. The molecule has 0 aromatic heterocycles. The second kappa shape index (κ2) is 11.2. The van der Waals surface area contributed by atoms with E-state index in [0.29, 0.717) is 37.6 Å². The second-order valence-corrected chi connectivity index (χ2v) is 7.42. The van der Waals surface area contributed by atoms with Gasteiger partial charge in [-0.25, -0.2) is 0 Å². The van der Waals surface area contributed by atoms with Crippen molar-refractivity contribution in [1.82, 2.24) is 10.2 Å². The summed E-state index contributed by atoms with van der Waals surface area (Å²) in [6.45, 7) is 3.72. The molecule has 1 fully saturated rings. The number of para-hydroxylation sites is 2. The largest absolute Gasteiger partial charge is 0.494 e. The molecule has 31 heavy (non-hydrogen) atoms. The van der Waals surface area contributed by atoms with E-state index in [9.17, 15) is 9.59 Å². The molecule has 2 aromatic rings. The molecule has 166 valence electrons. The van der Waals surface area contributed by atoms with Crippen LogP contribution in [0.1, 0.15) is 25.3 Å². The van der Waals surface area contributed by atoms with Crippen molar-refractivity contribution in [1.29, 1.82) is 0 Å². The molecule has 0 atom stereocenters. The molecule has 0 aliphatic carbocycles. The summed E-state index contributed by atoms with van der Waals surface area (Å²) in [7, 11) is 1.57. The molecule has 3 rings (SSSR count). The van der Waals surface area contributed by atoms with Crippen molar-refractivity contribution in [2.24, 2.45) is 0 Å². The molecule has 0 bridgehead atoms. The molecule has 2 amide bonds. The number of carbonyl (C=O) groups excluding carboxylic acids is 2. The van der Waals surface area contributed by atoms with Gasteiger partial charge in [0.2, 0.25) is 5.91 Å². The van der Waals surface area contributed by atoms with E-state index in [1.165, 1.54) is 0 Å². The number of piperidine rings is 1. The van der Waals surface area contributed by atoms with Crippen LogP contribution in [0.5, 0.6) is 17.2 Å². The molecule has 7 heteroatoms. The van der Waals surface area contributed by atoms with Crippen LogP contribution in [0.4, 0.5) is 0 Å². The Labute approximate surface area is 183 Å². The smallest absolute Gasteiger partial charge is 0.260 e. The molecule has 0 radical (unpaired) electrons. The predicted octanol–water partition coefficient (Wildman–Crippen LogP) is 2.82. The molecule has 7 nitrogen and oxygen atoms in total. The van der Waals surface area contributed by atoms with Crippen molar-refractivity contribution >= 4 is 11.8 Å². The van der Waals surface area contributed by atoms with E-state index in [2.05, 4.69) is 5.32 Å². The first-order valence-electron chi connectivity index (χ1n) is 10.6. The maximum Gasteiger partial charge on any atom is 0.260 e. The fourth-order valence-corrected chi connectivity index (χ4v) is 3.58. The Kier molecular flexibility index (Phi) is 8.15. The standard InChI is InChI=1S/C24H30N2O5/c1-3-30-20-10-8-18(9-11-20)16-23(27)25-19-12-14-26(15-13-19)24(28)17-31-22-7-5-4-6-21(22)29-2/h4-11,19H,3,12-17H2,1-2H3,(H,25,27). The second-order valence-electron chi connectivity index (χ2n) is 7.42. The third kappa shape index (κ3) is 6.64. The van der Waals surface area contributed by atoms with Gasteiger partial charge in [0.15, 0.2) is 18.1 Å². The number of nitrogens with zero attached hydrogens (tertiary/aromatic N) is 1. The molecule has 0 spiro atoms. The first-order chi connectivity index (χ1) is 15.1. The highest BCUT2D eigenvalue weighted by molar-refractivity contribution is 5.79. The van der Waals surface area contributed by atoms with E-state index in [1.54, 1.807) is 24.1 Å². The van der Waals surface area contributed by atoms with Crippen LogP contribution in [-0.2, 0) is 16.0 Å². The zero-order chi connectivity index (χ0) is 22.1. The van der Waals surface area contributed by atoms with Crippen molar-refractivity contribution in [3.8, 4) is 17.2 Å². The Hall–Kier alpha value is -3.22.